The second-order valence-electron chi connectivity index (χ2n) is 4.26. The van der Waals surface area contributed by atoms with E-state index in [2.05, 4.69) is 15.0 Å². The van der Waals surface area contributed by atoms with Crippen molar-refractivity contribution in [1.82, 2.24) is 10.3 Å². The molecule has 2 aromatic heterocycles. The second-order valence-corrected chi connectivity index (χ2v) is 5.91. The maximum atomic E-state index is 12.3. The third kappa shape index (κ3) is 3.37. The fourth-order valence-corrected chi connectivity index (χ4v) is 3.01. The molecule has 2 rings (SSSR count). The highest BCUT2D eigenvalue weighted by atomic mass is 32.2. The van der Waals surface area contributed by atoms with Crippen LogP contribution < -0.4 is 10.0 Å². The Bertz CT molecular complexity index is 665. The van der Waals surface area contributed by atoms with Crippen molar-refractivity contribution in [3.63, 3.8) is 0 Å². The summed E-state index contributed by atoms with van der Waals surface area (Å²) in [6.45, 7) is 4.89. The number of aromatic nitrogens is 1. The largest absolute Gasteiger partial charge is 0.464 e. The molecular formula is C13H17N3O3S. The van der Waals surface area contributed by atoms with Gasteiger partial charge in [0.15, 0.2) is 0 Å². The van der Waals surface area contributed by atoms with Crippen molar-refractivity contribution in [2.24, 2.45) is 0 Å². The highest BCUT2D eigenvalue weighted by Gasteiger charge is 2.21. The number of pyridine rings is 1. The lowest BCUT2D eigenvalue weighted by molar-refractivity contribution is 0.460. The molecule has 0 aliphatic heterocycles. The van der Waals surface area contributed by atoms with E-state index in [-0.39, 0.29) is 4.90 Å². The van der Waals surface area contributed by atoms with Crippen LogP contribution >= 0.6 is 0 Å². The Balaban J connectivity index is 2.23. The van der Waals surface area contributed by atoms with Gasteiger partial charge in [0.1, 0.15) is 16.4 Å². The highest BCUT2D eigenvalue weighted by Crippen LogP contribution is 2.22. The van der Waals surface area contributed by atoms with Gasteiger partial charge in [0.25, 0.3) is 10.0 Å². The van der Waals surface area contributed by atoms with Gasteiger partial charge in [0, 0.05) is 12.3 Å². The number of hydrogen-bond acceptors (Lipinski definition) is 5. The quantitative estimate of drug-likeness (QED) is 0.850. The molecule has 2 N–H and O–H groups in total. The van der Waals surface area contributed by atoms with Crippen molar-refractivity contribution >= 4 is 15.7 Å². The number of sulfonamides is 1. The Hall–Kier alpha value is -1.86. The number of rotatable bonds is 6. The minimum atomic E-state index is -3.66. The van der Waals surface area contributed by atoms with E-state index in [1.807, 2.05) is 6.92 Å². The van der Waals surface area contributed by atoms with E-state index >= 15 is 0 Å². The molecule has 0 saturated carbocycles. The van der Waals surface area contributed by atoms with Crippen molar-refractivity contribution in [2.75, 3.05) is 11.3 Å². The summed E-state index contributed by atoms with van der Waals surface area (Å²) in [5, 5.41) is 3.09. The Kier molecular flexibility index (Phi) is 4.41. The molecule has 0 spiro atoms. The lowest BCUT2D eigenvalue weighted by atomic mass is 10.4. The molecule has 6 nitrogen and oxygen atoms in total. The van der Waals surface area contributed by atoms with Crippen LogP contribution in [0, 0.1) is 6.92 Å². The monoisotopic (exact) mass is 295 g/mol. The third-order valence-corrected chi connectivity index (χ3v) is 4.16. The number of aryl methyl sites for hydroxylation is 1. The molecule has 108 valence electrons. The molecule has 0 aromatic carbocycles. The van der Waals surface area contributed by atoms with Crippen molar-refractivity contribution in [3.05, 3.63) is 42.1 Å². The van der Waals surface area contributed by atoms with Crippen molar-refractivity contribution in [1.29, 1.82) is 0 Å². The number of nitrogens with one attached hydrogen (secondary N) is 2. The number of furan rings is 1. The first-order chi connectivity index (χ1) is 9.53. The average molecular weight is 295 g/mol. The number of anilines is 1. The van der Waals surface area contributed by atoms with Gasteiger partial charge in [-0.3, -0.25) is 9.71 Å². The van der Waals surface area contributed by atoms with Crippen molar-refractivity contribution < 1.29 is 12.8 Å². The van der Waals surface area contributed by atoms with E-state index in [1.54, 1.807) is 25.3 Å². The number of nitrogens with zero attached hydrogens (tertiary/aromatic N) is 1. The molecule has 0 unspecified atom stereocenters. The summed E-state index contributed by atoms with van der Waals surface area (Å²) >= 11 is 0. The standard InChI is InChI=1S/C13H17N3O3S/c1-3-14-9-12-7-13(10(2)19-12)20(17,18)16-11-5-4-6-15-8-11/h4-8,14,16H,3,9H2,1-2H3. The van der Waals surface area contributed by atoms with Crippen LogP contribution in [-0.2, 0) is 16.6 Å². The van der Waals surface area contributed by atoms with Crippen LogP contribution in [0.25, 0.3) is 0 Å². The molecule has 0 bridgehead atoms. The molecule has 0 radical (unpaired) electrons. The van der Waals surface area contributed by atoms with Gasteiger partial charge >= 0.3 is 0 Å². The minimum Gasteiger partial charge on any atom is -0.464 e. The Labute approximate surface area is 118 Å². The summed E-state index contributed by atoms with van der Waals surface area (Å²) in [6.07, 6.45) is 3.03. The van der Waals surface area contributed by atoms with Gasteiger partial charge in [-0.1, -0.05) is 6.92 Å². The predicted molar refractivity (Wildman–Crippen MR) is 75.9 cm³/mol. The predicted octanol–water partition coefficient (Wildman–Crippen LogP) is 1.89. The average Bonchev–Trinajstić information content (AvgIpc) is 2.79. The van der Waals surface area contributed by atoms with Crippen LogP contribution in [0.15, 0.2) is 39.9 Å². The second kappa shape index (κ2) is 6.06. The van der Waals surface area contributed by atoms with Gasteiger partial charge in [0.2, 0.25) is 0 Å². The molecule has 20 heavy (non-hydrogen) atoms. The van der Waals surface area contributed by atoms with Crippen LogP contribution in [0.4, 0.5) is 5.69 Å². The molecule has 0 fully saturated rings. The summed E-state index contributed by atoms with van der Waals surface area (Å²) < 4.78 is 32.5. The lowest BCUT2D eigenvalue weighted by Gasteiger charge is -2.05. The van der Waals surface area contributed by atoms with E-state index in [0.29, 0.717) is 23.8 Å². The Morgan fingerprint density at radius 3 is 2.85 bits per heavy atom. The van der Waals surface area contributed by atoms with Crippen molar-refractivity contribution in [3.8, 4) is 0 Å². The Morgan fingerprint density at radius 1 is 1.40 bits per heavy atom. The molecular weight excluding hydrogens is 278 g/mol. The minimum absolute atomic E-state index is 0.147. The van der Waals surface area contributed by atoms with Crippen LogP contribution in [0.3, 0.4) is 0 Å². The molecule has 2 heterocycles. The van der Waals surface area contributed by atoms with E-state index in [4.69, 9.17) is 4.42 Å². The Morgan fingerprint density at radius 2 is 2.20 bits per heavy atom. The first kappa shape index (κ1) is 14.5. The molecule has 0 atom stereocenters. The molecule has 2 aromatic rings. The van der Waals surface area contributed by atoms with Crippen LogP contribution in [0.1, 0.15) is 18.4 Å². The third-order valence-electron chi connectivity index (χ3n) is 2.68. The smallest absolute Gasteiger partial charge is 0.265 e. The normalized spacial score (nSPS) is 11.5. The van der Waals surface area contributed by atoms with Gasteiger partial charge in [-0.15, -0.1) is 0 Å². The summed E-state index contributed by atoms with van der Waals surface area (Å²) in [7, 11) is -3.66. The van der Waals surface area contributed by atoms with Crippen LogP contribution in [0.5, 0.6) is 0 Å². The van der Waals surface area contributed by atoms with Gasteiger partial charge in [-0.25, -0.2) is 8.42 Å². The van der Waals surface area contributed by atoms with Gasteiger partial charge in [-0.05, 0) is 25.6 Å². The summed E-state index contributed by atoms with van der Waals surface area (Å²) in [5.74, 6) is 0.963. The molecule has 0 aliphatic rings. The topological polar surface area (TPSA) is 84.2 Å². The number of hydrogen-bond donors (Lipinski definition) is 2. The summed E-state index contributed by atoms with van der Waals surface area (Å²) in [5.41, 5.74) is 0.418. The van der Waals surface area contributed by atoms with E-state index in [0.717, 1.165) is 6.54 Å². The van der Waals surface area contributed by atoms with Gasteiger partial charge < -0.3 is 9.73 Å². The fraction of sp³-hybridized carbons (Fsp3) is 0.308. The SMILES string of the molecule is CCNCc1cc(S(=O)(=O)Nc2cccnc2)c(C)o1. The molecule has 0 saturated heterocycles. The molecule has 0 aliphatic carbocycles. The van der Waals surface area contributed by atoms with E-state index in [1.165, 1.54) is 12.3 Å². The molecule has 0 amide bonds. The zero-order valence-corrected chi connectivity index (χ0v) is 12.2. The molecule has 7 heteroatoms. The summed E-state index contributed by atoms with van der Waals surface area (Å²) in [6, 6.07) is 4.84. The zero-order valence-electron chi connectivity index (χ0n) is 11.4. The maximum Gasteiger partial charge on any atom is 0.265 e. The fourth-order valence-electron chi connectivity index (χ4n) is 1.76. The van der Waals surface area contributed by atoms with E-state index < -0.39 is 10.0 Å². The first-order valence-electron chi connectivity index (χ1n) is 6.26. The maximum absolute atomic E-state index is 12.3. The zero-order chi connectivity index (χ0) is 14.6. The van der Waals surface area contributed by atoms with Crippen LogP contribution in [-0.4, -0.2) is 19.9 Å². The van der Waals surface area contributed by atoms with Gasteiger partial charge in [-0.2, -0.15) is 0 Å². The van der Waals surface area contributed by atoms with Crippen LogP contribution in [0.2, 0.25) is 0 Å². The first-order valence-corrected chi connectivity index (χ1v) is 7.74. The lowest BCUT2D eigenvalue weighted by Crippen LogP contribution is -2.13. The van der Waals surface area contributed by atoms with Gasteiger partial charge in [0.05, 0.1) is 18.4 Å². The van der Waals surface area contributed by atoms with Crippen molar-refractivity contribution in [2.45, 2.75) is 25.3 Å². The van der Waals surface area contributed by atoms with E-state index in [9.17, 15) is 8.42 Å². The summed E-state index contributed by atoms with van der Waals surface area (Å²) in [4.78, 5) is 4.02. The highest BCUT2D eigenvalue weighted by molar-refractivity contribution is 7.92.